The van der Waals surface area contributed by atoms with Gasteiger partial charge < -0.3 is 14.8 Å². The van der Waals surface area contributed by atoms with E-state index in [0.717, 1.165) is 25.7 Å². The molecule has 1 heterocycles. The van der Waals surface area contributed by atoms with Crippen LogP contribution in [0.2, 0.25) is 0 Å². The summed E-state index contributed by atoms with van der Waals surface area (Å²) >= 11 is 0. The van der Waals surface area contributed by atoms with E-state index in [-0.39, 0.29) is 17.2 Å². The van der Waals surface area contributed by atoms with Gasteiger partial charge in [0.15, 0.2) is 0 Å². The summed E-state index contributed by atoms with van der Waals surface area (Å²) < 4.78 is 5.72. The number of aryl methyl sites for hydroxylation is 1. The minimum absolute atomic E-state index is 0.0124. The lowest BCUT2D eigenvalue weighted by molar-refractivity contribution is -0.117. The minimum Gasteiger partial charge on any atom is -0.478 e. The number of carbonyl (C=O) groups is 2. The molecule has 0 spiro atoms. The van der Waals surface area contributed by atoms with Gasteiger partial charge >= 0.3 is 5.97 Å². The van der Waals surface area contributed by atoms with E-state index in [1.165, 1.54) is 12.5 Å². The van der Waals surface area contributed by atoms with Gasteiger partial charge in [-0.05, 0) is 43.5 Å². The molecule has 3 rings (SSSR count). The zero-order valence-electron chi connectivity index (χ0n) is 15.7. The van der Waals surface area contributed by atoms with Crippen molar-refractivity contribution in [2.75, 3.05) is 0 Å². The molecule has 0 saturated heterocycles. The van der Waals surface area contributed by atoms with Crippen LogP contribution in [-0.4, -0.2) is 23.0 Å². The summed E-state index contributed by atoms with van der Waals surface area (Å²) in [6.45, 7) is 1.73. The van der Waals surface area contributed by atoms with Gasteiger partial charge in [0.2, 0.25) is 0 Å². The topological polar surface area (TPSA) is 103 Å². The Hall–Kier alpha value is -3.33. The third-order valence-corrected chi connectivity index (χ3v) is 4.97. The highest BCUT2D eigenvalue weighted by molar-refractivity contribution is 6.01. The van der Waals surface area contributed by atoms with Crippen LogP contribution in [0.1, 0.15) is 53.8 Å². The number of rotatable bonds is 5. The first-order valence-corrected chi connectivity index (χ1v) is 9.34. The number of hydrogen-bond donors (Lipinski definition) is 2. The molecule has 0 radical (unpaired) electrons. The van der Waals surface area contributed by atoms with Gasteiger partial charge in [-0.25, -0.2) is 4.79 Å². The number of hydrogen-bond acceptors (Lipinski definition) is 4. The Balaban J connectivity index is 1.78. The van der Waals surface area contributed by atoms with E-state index in [9.17, 15) is 20.0 Å². The first kappa shape index (κ1) is 19.4. The Morgan fingerprint density at radius 3 is 2.64 bits per heavy atom. The molecule has 1 saturated carbocycles. The molecule has 0 unspecified atom stereocenters. The van der Waals surface area contributed by atoms with Crippen molar-refractivity contribution in [1.82, 2.24) is 5.32 Å². The van der Waals surface area contributed by atoms with E-state index >= 15 is 0 Å². The maximum Gasteiger partial charge on any atom is 0.335 e. The number of nitrogens with one attached hydrogen (secondary N) is 1. The summed E-state index contributed by atoms with van der Waals surface area (Å²) in [4.78, 5) is 23.7. The molecule has 28 heavy (non-hydrogen) atoms. The normalized spacial score (nSPS) is 15.1. The van der Waals surface area contributed by atoms with Crippen LogP contribution in [-0.2, 0) is 4.79 Å². The van der Waals surface area contributed by atoms with E-state index in [1.54, 1.807) is 37.3 Å². The SMILES string of the molecule is Cc1ccc(-c2ccc(C=C(C#N)C(=O)NC3CCCCC3)o2)cc1C(=O)O. The van der Waals surface area contributed by atoms with Gasteiger partial charge in [-0.3, -0.25) is 4.79 Å². The average molecular weight is 378 g/mol. The molecule has 1 fully saturated rings. The Bertz CT molecular complexity index is 959. The van der Waals surface area contributed by atoms with Crippen LogP contribution >= 0.6 is 0 Å². The van der Waals surface area contributed by atoms with Crippen LogP contribution < -0.4 is 5.32 Å². The maximum atomic E-state index is 12.4. The molecule has 0 bridgehead atoms. The van der Waals surface area contributed by atoms with Crippen LogP contribution in [0.5, 0.6) is 0 Å². The highest BCUT2D eigenvalue weighted by Gasteiger charge is 2.18. The number of amides is 1. The minimum atomic E-state index is -1.00. The Labute approximate surface area is 163 Å². The largest absolute Gasteiger partial charge is 0.478 e. The van der Waals surface area contributed by atoms with Crippen LogP contribution in [0.4, 0.5) is 0 Å². The summed E-state index contributed by atoms with van der Waals surface area (Å²) in [5.74, 6) is -0.561. The number of nitriles is 1. The van der Waals surface area contributed by atoms with E-state index in [4.69, 9.17) is 4.42 Å². The molecule has 2 aromatic rings. The second-order valence-corrected chi connectivity index (χ2v) is 7.02. The highest BCUT2D eigenvalue weighted by Crippen LogP contribution is 2.26. The van der Waals surface area contributed by atoms with E-state index in [0.29, 0.717) is 22.6 Å². The van der Waals surface area contributed by atoms with Crippen LogP contribution in [0.25, 0.3) is 17.4 Å². The van der Waals surface area contributed by atoms with Gasteiger partial charge in [0, 0.05) is 17.7 Å². The average Bonchev–Trinajstić information content (AvgIpc) is 3.15. The molecule has 6 nitrogen and oxygen atoms in total. The van der Waals surface area contributed by atoms with Crippen molar-refractivity contribution >= 4 is 18.0 Å². The first-order valence-electron chi connectivity index (χ1n) is 9.34. The van der Waals surface area contributed by atoms with Crippen molar-refractivity contribution < 1.29 is 19.1 Å². The number of aromatic carboxylic acids is 1. The summed E-state index contributed by atoms with van der Waals surface area (Å²) in [6, 6.07) is 10.4. The van der Waals surface area contributed by atoms with Gasteiger partial charge in [-0.1, -0.05) is 31.4 Å². The lowest BCUT2D eigenvalue weighted by Gasteiger charge is -2.22. The molecule has 1 aromatic heterocycles. The predicted octanol–water partition coefficient (Wildman–Crippen LogP) is 4.31. The van der Waals surface area contributed by atoms with E-state index < -0.39 is 11.9 Å². The quantitative estimate of drug-likeness (QED) is 0.596. The number of carboxylic acids is 1. The summed E-state index contributed by atoms with van der Waals surface area (Å²) in [6.07, 6.45) is 6.66. The van der Waals surface area contributed by atoms with Crippen molar-refractivity contribution in [3.63, 3.8) is 0 Å². The molecule has 0 atom stereocenters. The molecular weight excluding hydrogens is 356 g/mol. The predicted molar refractivity (Wildman–Crippen MR) is 104 cm³/mol. The van der Waals surface area contributed by atoms with Crippen molar-refractivity contribution in [2.45, 2.75) is 45.1 Å². The van der Waals surface area contributed by atoms with Crippen LogP contribution in [0.15, 0.2) is 40.3 Å². The molecule has 1 aromatic carbocycles. The van der Waals surface area contributed by atoms with Crippen LogP contribution in [0, 0.1) is 18.3 Å². The summed E-state index contributed by atoms with van der Waals surface area (Å²) in [5, 5.41) is 21.5. The zero-order valence-corrected chi connectivity index (χ0v) is 15.7. The number of benzene rings is 1. The van der Waals surface area contributed by atoms with E-state index in [2.05, 4.69) is 5.32 Å². The van der Waals surface area contributed by atoms with Gasteiger partial charge in [0.1, 0.15) is 23.2 Å². The lowest BCUT2D eigenvalue weighted by Crippen LogP contribution is -2.36. The number of carbonyl (C=O) groups excluding carboxylic acids is 1. The van der Waals surface area contributed by atoms with Gasteiger partial charge in [0.25, 0.3) is 5.91 Å². The Kier molecular flexibility index (Phi) is 5.95. The van der Waals surface area contributed by atoms with Gasteiger partial charge in [0.05, 0.1) is 5.56 Å². The van der Waals surface area contributed by atoms with Crippen molar-refractivity contribution in [1.29, 1.82) is 5.26 Å². The fourth-order valence-corrected chi connectivity index (χ4v) is 3.39. The second-order valence-electron chi connectivity index (χ2n) is 7.02. The van der Waals surface area contributed by atoms with Crippen molar-refractivity contribution in [3.05, 3.63) is 52.8 Å². The molecule has 2 N–H and O–H groups in total. The van der Waals surface area contributed by atoms with E-state index in [1.807, 2.05) is 6.07 Å². The van der Waals surface area contributed by atoms with Gasteiger partial charge in [-0.15, -0.1) is 0 Å². The Morgan fingerprint density at radius 2 is 1.96 bits per heavy atom. The lowest BCUT2D eigenvalue weighted by atomic mass is 9.95. The van der Waals surface area contributed by atoms with Gasteiger partial charge in [-0.2, -0.15) is 5.26 Å². The number of carboxylic acid groups (broad SMARTS) is 1. The molecule has 1 amide bonds. The smallest absolute Gasteiger partial charge is 0.335 e. The standard InChI is InChI=1S/C22H22N2O4/c1-14-7-8-15(12-19(14)22(26)27)20-10-9-18(28-20)11-16(13-23)21(25)24-17-5-3-2-4-6-17/h7-12,17H,2-6H2,1H3,(H,24,25)(H,26,27). The van der Waals surface area contributed by atoms with Crippen LogP contribution in [0.3, 0.4) is 0 Å². The third kappa shape index (κ3) is 4.49. The number of nitrogens with zero attached hydrogens (tertiary/aromatic N) is 1. The summed E-state index contributed by atoms with van der Waals surface area (Å²) in [5.41, 5.74) is 1.47. The Morgan fingerprint density at radius 1 is 1.21 bits per heavy atom. The first-order chi connectivity index (χ1) is 13.5. The second kappa shape index (κ2) is 8.57. The molecule has 1 aliphatic rings. The maximum absolute atomic E-state index is 12.4. The monoisotopic (exact) mass is 378 g/mol. The number of furan rings is 1. The molecule has 144 valence electrons. The highest BCUT2D eigenvalue weighted by atomic mass is 16.4. The van der Waals surface area contributed by atoms with Crippen molar-refractivity contribution in [2.24, 2.45) is 0 Å². The summed E-state index contributed by atoms with van der Waals surface area (Å²) in [7, 11) is 0. The fraction of sp³-hybridized carbons (Fsp3) is 0.318. The molecule has 1 aliphatic carbocycles. The molecule has 6 heteroatoms. The molecule has 0 aliphatic heterocycles. The van der Waals surface area contributed by atoms with Crippen molar-refractivity contribution in [3.8, 4) is 17.4 Å². The third-order valence-electron chi connectivity index (χ3n) is 4.97. The molecular formula is C22H22N2O4. The zero-order chi connectivity index (χ0) is 20.1. The fourth-order valence-electron chi connectivity index (χ4n) is 3.39.